The van der Waals surface area contributed by atoms with Gasteiger partial charge in [-0.3, -0.25) is 0 Å². The molecule has 0 fully saturated rings. The van der Waals surface area contributed by atoms with Crippen molar-refractivity contribution in [2.75, 3.05) is 5.73 Å². The molecular formula is C10H9N3O2S2. The van der Waals surface area contributed by atoms with E-state index in [4.69, 9.17) is 10.8 Å². The summed E-state index contributed by atoms with van der Waals surface area (Å²) in [6, 6.07) is 4.91. The van der Waals surface area contributed by atoms with Gasteiger partial charge in [-0.2, -0.15) is 4.37 Å². The Balaban J connectivity index is 2.33. The molecule has 0 atom stereocenters. The lowest BCUT2D eigenvalue weighted by Gasteiger charge is -2.05. The first kappa shape index (κ1) is 11.9. The van der Waals surface area contributed by atoms with E-state index >= 15 is 0 Å². The number of nitrogens with zero attached hydrogens (tertiary/aromatic N) is 2. The summed E-state index contributed by atoms with van der Waals surface area (Å²) in [6.45, 7) is 1.80. The van der Waals surface area contributed by atoms with Crippen LogP contribution < -0.4 is 5.73 Å². The maximum absolute atomic E-state index is 10.9. The number of hydrogen-bond acceptors (Lipinski definition) is 6. The number of aryl methyl sites for hydroxylation is 1. The van der Waals surface area contributed by atoms with Gasteiger partial charge in [-0.25, -0.2) is 9.78 Å². The third-order valence-electron chi connectivity index (χ3n) is 2.00. The molecule has 1 aromatic carbocycles. The third-order valence-corrected chi connectivity index (χ3v) is 3.92. The van der Waals surface area contributed by atoms with Crippen molar-refractivity contribution >= 4 is 35.0 Å². The van der Waals surface area contributed by atoms with Crippen molar-refractivity contribution in [3.8, 4) is 0 Å². The largest absolute Gasteiger partial charge is 0.478 e. The zero-order valence-corrected chi connectivity index (χ0v) is 10.5. The van der Waals surface area contributed by atoms with Crippen molar-refractivity contribution in [2.45, 2.75) is 16.2 Å². The Kier molecular flexibility index (Phi) is 3.30. The first-order chi connectivity index (χ1) is 8.08. The second kappa shape index (κ2) is 4.72. The van der Waals surface area contributed by atoms with Gasteiger partial charge in [-0.15, -0.1) is 0 Å². The minimum Gasteiger partial charge on any atom is -0.478 e. The van der Waals surface area contributed by atoms with Crippen molar-refractivity contribution in [1.82, 2.24) is 9.36 Å². The summed E-state index contributed by atoms with van der Waals surface area (Å²) < 4.78 is 4.80. The summed E-state index contributed by atoms with van der Waals surface area (Å²) in [7, 11) is 0. The monoisotopic (exact) mass is 267 g/mol. The number of rotatable bonds is 3. The Labute approximate surface area is 106 Å². The van der Waals surface area contributed by atoms with Gasteiger partial charge >= 0.3 is 5.97 Å². The van der Waals surface area contributed by atoms with Crippen LogP contribution in [0.2, 0.25) is 0 Å². The van der Waals surface area contributed by atoms with Gasteiger partial charge in [0.25, 0.3) is 0 Å². The van der Waals surface area contributed by atoms with Crippen LogP contribution in [-0.2, 0) is 0 Å². The Morgan fingerprint density at radius 1 is 1.53 bits per heavy atom. The second-order valence-electron chi connectivity index (χ2n) is 3.23. The number of carbonyl (C=O) groups is 1. The first-order valence-corrected chi connectivity index (χ1v) is 6.27. The SMILES string of the molecule is Cc1nsc(Sc2cccc(C(=O)O)c2N)n1. The molecule has 17 heavy (non-hydrogen) atoms. The predicted octanol–water partition coefficient (Wildman–Crippen LogP) is 2.28. The zero-order valence-electron chi connectivity index (χ0n) is 8.88. The molecule has 0 spiro atoms. The number of aromatic carboxylic acids is 1. The molecule has 0 unspecified atom stereocenters. The maximum Gasteiger partial charge on any atom is 0.337 e. The number of carboxylic acid groups (broad SMARTS) is 1. The van der Waals surface area contributed by atoms with Crippen LogP contribution in [0.3, 0.4) is 0 Å². The highest BCUT2D eigenvalue weighted by Gasteiger charge is 2.13. The average Bonchev–Trinajstić information content (AvgIpc) is 2.67. The number of carboxylic acids is 1. The molecule has 7 heteroatoms. The quantitative estimate of drug-likeness (QED) is 0.829. The number of para-hydroxylation sites is 1. The van der Waals surface area contributed by atoms with Crippen molar-refractivity contribution < 1.29 is 9.90 Å². The maximum atomic E-state index is 10.9. The molecule has 2 aromatic rings. The van der Waals surface area contributed by atoms with Gasteiger partial charge in [0, 0.05) is 4.90 Å². The fraction of sp³-hybridized carbons (Fsp3) is 0.100. The summed E-state index contributed by atoms with van der Waals surface area (Å²) >= 11 is 2.59. The van der Waals surface area contributed by atoms with Crippen LogP contribution in [0.4, 0.5) is 5.69 Å². The molecule has 88 valence electrons. The summed E-state index contributed by atoms with van der Waals surface area (Å²) in [5.74, 6) is -0.330. The minimum atomic E-state index is -1.03. The highest BCUT2D eigenvalue weighted by molar-refractivity contribution is 8.01. The van der Waals surface area contributed by atoms with Crippen LogP contribution >= 0.6 is 23.3 Å². The van der Waals surface area contributed by atoms with E-state index in [1.165, 1.54) is 29.4 Å². The van der Waals surface area contributed by atoms with Crippen LogP contribution in [0.1, 0.15) is 16.2 Å². The van der Waals surface area contributed by atoms with Gasteiger partial charge in [-0.05, 0) is 30.6 Å². The molecule has 1 heterocycles. The van der Waals surface area contributed by atoms with E-state index in [-0.39, 0.29) is 11.3 Å². The van der Waals surface area contributed by atoms with E-state index in [0.29, 0.717) is 10.7 Å². The molecule has 5 nitrogen and oxygen atoms in total. The standard InChI is InChI=1S/C10H9N3O2S2/c1-5-12-10(17-13-5)16-7-4-2-3-6(8(7)11)9(14)15/h2-4H,11H2,1H3,(H,14,15). The third kappa shape index (κ3) is 2.56. The van der Waals surface area contributed by atoms with E-state index in [0.717, 1.165) is 4.34 Å². The summed E-state index contributed by atoms with van der Waals surface area (Å²) in [6.07, 6.45) is 0. The molecular weight excluding hydrogens is 258 g/mol. The van der Waals surface area contributed by atoms with Crippen molar-refractivity contribution in [1.29, 1.82) is 0 Å². The second-order valence-corrected chi connectivity index (χ2v) is 5.27. The van der Waals surface area contributed by atoms with Crippen LogP contribution in [0.15, 0.2) is 27.4 Å². The molecule has 0 bridgehead atoms. The minimum absolute atomic E-state index is 0.108. The molecule has 0 aliphatic heterocycles. The number of hydrogen-bond donors (Lipinski definition) is 2. The fourth-order valence-electron chi connectivity index (χ4n) is 1.23. The van der Waals surface area contributed by atoms with Gasteiger partial charge in [0.1, 0.15) is 5.82 Å². The summed E-state index contributed by atoms with van der Waals surface area (Å²) in [4.78, 5) is 15.8. The number of anilines is 1. The van der Waals surface area contributed by atoms with Crippen LogP contribution in [0.5, 0.6) is 0 Å². The fourth-order valence-corrected chi connectivity index (χ4v) is 2.92. The Hall–Kier alpha value is -1.60. The zero-order chi connectivity index (χ0) is 12.4. The molecule has 2 rings (SSSR count). The van der Waals surface area contributed by atoms with E-state index in [1.54, 1.807) is 19.1 Å². The lowest BCUT2D eigenvalue weighted by atomic mass is 10.2. The molecule has 0 amide bonds. The highest BCUT2D eigenvalue weighted by atomic mass is 32.2. The van der Waals surface area contributed by atoms with Crippen LogP contribution in [-0.4, -0.2) is 20.4 Å². The lowest BCUT2D eigenvalue weighted by Crippen LogP contribution is -2.03. The van der Waals surface area contributed by atoms with E-state index in [9.17, 15) is 4.79 Å². The topological polar surface area (TPSA) is 89.1 Å². The van der Waals surface area contributed by atoms with Crippen LogP contribution in [0.25, 0.3) is 0 Å². The average molecular weight is 267 g/mol. The summed E-state index contributed by atoms with van der Waals surface area (Å²) in [5, 5.41) is 8.95. The lowest BCUT2D eigenvalue weighted by molar-refractivity contribution is 0.0698. The molecule has 0 radical (unpaired) electrons. The van der Waals surface area contributed by atoms with Gasteiger partial charge < -0.3 is 10.8 Å². The van der Waals surface area contributed by atoms with E-state index in [1.807, 2.05) is 0 Å². The van der Waals surface area contributed by atoms with E-state index in [2.05, 4.69) is 9.36 Å². The molecule has 0 saturated heterocycles. The number of nitrogen functional groups attached to an aromatic ring is 1. The Morgan fingerprint density at radius 2 is 2.29 bits per heavy atom. The highest BCUT2D eigenvalue weighted by Crippen LogP contribution is 2.34. The van der Waals surface area contributed by atoms with Gasteiger partial charge in [0.15, 0.2) is 4.34 Å². The van der Waals surface area contributed by atoms with Crippen LogP contribution in [0, 0.1) is 6.92 Å². The van der Waals surface area contributed by atoms with Crippen molar-refractivity contribution in [3.63, 3.8) is 0 Å². The van der Waals surface area contributed by atoms with Crippen molar-refractivity contribution in [2.24, 2.45) is 0 Å². The molecule has 3 N–H and O–H groups in total. The normalized spacial score (nSPS) is 10.4. The number of benzene rings is 1. The summed E-state index contributed by atoms with van der Waals surface area (Å²) in [5.41, 5.74) is 6.16. The number of nitrogens with two attached hydrogens (primary N) is 1. The number of aromatic nitrogens is 2. The molecule has 0 saturated carbocycles. The van der Waals surface area contributed by atoms with Gasteiger partial charge in [0.2, 0.25) is 0 Å². The predicted molar refractivity (Wildman–Crippen MR) is 66.6 cm³/mol. The molecule has 0 aliphatic carbocycles. The van der Waals surface area contributed by atoms with Gasteiger partial charge in [0.05, 0.1) is 11.3 Å². The first-order valence-electron chi connectivity index (χ1n) is 4.68. The van der Waals surface area contributed by atoms with Gasteiger partial charge in [-0.1, -0.05) is 17.8 Å². The van der Waals surface area contributed by atoms with Crippen molar-refractivity contribution in [3.05, 3.63) is 29.6 Å². The molecule has 0 aliphatic rings. The Bertz CT molecular complexity index is 568. The Morgan fingerprint density at radius 3 is 2.88 bits per heavy atom. The smallest absolute Gasteiger partial charge is 0.337 e. The molecule has 1 aromatic heterocycles. The van der Waals surface area contributed by atoms with E-state index < -0.39 is 5.97 Å².